The highest BCUT2D eigenvalue weighted by molar-refractivity contribution is 6.36. The molecule has 1 aliphatic rings. The summed E-state index contributed by atoms with van der Waals surface area (Å²) in [5, 5.41) is 3.35. The maximum absolute atomic E-state index is 12.4. The molecule has 0 bridgehead atoms. The maximum Gasteiger partial charge on any atom is 0.253 e. The molecule has 27 heavy (non-hydrogen) atoms. The van der Waals surface area contributed by atoms with Crippen molar-refractivity contribution in [1.82, 2.24) is 20.1 Å². The Labute approximate surface area is 168 Å². The van der Waals surface area contributed by atoms with E-state index in [0.717, 1.165) is 19.6 Å². The van der Waals surface area contributed by atoms with Crippen LogP contribution in [0.15, 0.2) is 42.7 Å². The molecule has 1 fully saturated rings. The molecule has 8 heteroatoms. The number of hydrogen-bond acceptors (Lipinski definition) is 4. The Morgan fingerprint density at radius 3 is 2.41 bits per heavy atom. The minimum atomic E-state index is -0.388. The van der Waals surface area contributed by atoms with Gasteiger partial charge >= 0.3 is 0 Å². The monoisotopic (exact) mass is 406 g/mol. The van der Waals surface area contributed by atoms with E-state index in [2.05, 4.69) is 15.2 Å². The van der Waals surface area contributed by atoms with E-state index < -0.39 is 0 Å². The Hall–Kier alpha value is -2.15. The number of halogens is 2. The van der Waals surface area contributed by atoms with Gasteiger partial charge in [-0.3, -0.25) is 19.5 Å². The molecule has 2 heterocycles. The van der Waals surface area contributed by atoms with Crippen LogP contribution >= 0.6 is 23.2 Å². The summed E-state index contributed by atoms with van der Waals surface area (Å²) in [6.07, 6.45) is 3.56. The fourth-order valence-corrected chi connectivity index (χ4v) is 3.43. The molecular formula is C19H20Cl2N4O2. The van der Waals surface area contributed by atoms with E-state index in [1.807, 2.05) is 12.1 Å². The van der Waals surface area contributed by atoms with E-state index in [4.69, 9.17) is 23.2 Å². The number of carbonyl (C=O) groups is 2. The van der Waals surface area contributed by atoms with E-state index in [0.29, 0.717) is 23.7 Å². The van der Waals surface area contributed by atoms with E-state index in [1.54, 1.807) is 29.4 Å². The third kappa shape index (κ3) is 5.42. The minimum absolute atomic E-state index is 0.0534. The lowest BCUT2D eigenvalue weighted by Crippen LogP contribution is -2.50. The van der Waals surface area contributed by atoms with Gasteiger partial charge in [0.1, 0.15) is 0 Å². The number of piperazine rings is 1. The van der Waals surface area contributed by atoms with Gasteiger partial charge in [-0.15, -0.1) is 0 Å². The summed E-state index contributed by atoms with van der Waals surface area (Å²) in [6.45, 7) is 3.66. The summed E-state index contributed by atoms with van der Waals surface area (Å²) in [5.41, 5.74) is 1.51. The van der Waals surface area contributed by atoms with Crippen molar-refractivity contribution in [2.75, 3.05) is 32.7 Å². The molecule has 6 nitrogen and oxygen atoms in total. The van der Waals surface area contributed by atoms with Gasteiger partial charge < -0.3 is 10.2 Å². The van der Waals surface area contributed by atoms with Crippen LogP contribution in [0.1, 0.15) is 15.9 Å². The molecule has 0 unspecified atom stereocenters. The van der Waals surface area contributed by atoms with Crippen molar-refractivity contribution in [2.24, 2.45) is 0 Å². The van der Waals surface area contributed by atoms with Crippen LogP contribution < -0.4 is 5.32 Å². The summed E-state index contributed by atoms with van der Waals surface area (Å²) in [7, 11) is 0. The molecule has 1 saturated heterocycles. The van der Waals surface area contributed by atoms with Gasteiger partial charge in [-0.1, -0.05) is 23.2 Å². The lowest BCUT2D eigenvalue weighted by atomic mass is 10.2. The van der Waals surface area contributed by atoms with E-state index in [-0.39, 0.29) is 23.4 Å². The van der Waals surface area contributed by atoms with Crippen LogP contribution in [0.3, 0.4) is 0 Å². The third-order valence-electron chi connectivity index (χ3n) is 4.46. The Kier molecular flexibility index (Phi) is 6.66. The summed E-state index contributed by atoms with van der Waals surface area (Å²) < 4.78 is 0. The predicted octanol–water partition coefficient (Wildman–Crippen LogP) is 2.46. The second-order valence-corrected chi connectivity index (χ2v) is 7.16. The van der Waals surface area contributed by atoms with Gasteiger partial charge in [0.15, 0.2) is 0 Å². The number of aromatic nitrogens is 1. The first-order chi connectivity index (χ1) is 13.0. The molecule has 0 atom stereocenters. The van der Waals surface area contributed by atoms with Gasteiger partial charge in [0.2, 0.25) is 5.91 Å². The van der Waals surface area contributed by atoms with Crippen LogP contribution in [0.4, 0.5) is 0 Å². The standard InChI is InChI=1S/C19H20Cl2N4O2/c20-15-1-2-16(17(21)11-15)19(27)23-12-18(26)25-9-7-24(8-10-25)13-14-3-5-22-6-4-14/h1-6,11H,7-10,12-13H2,(H,23,27). The van der Waals surface area contributed by atoms with Crippen molar-refractivity contribution in [3.8, 4) is 0 Å². The average molecular weight is 407 g/mol. The smallest absolute Gasteiger partial charge is 0.253 e. The second kappa shape index (κ2) is 9.17. The highest BCUT2D eigenvalue weighted by Crippen LogP contribution is 2.20. The summed E-state index contributed by atoms with van der Waals surface area (Å²) in [4.78, 5) is 32.7. The SMILES string of the molecule is O=C(NCC(=O)N1CCN(Cc2ccncc2)CC1)c1ccc(Cl)cc1Cl. The fourth-order valence-electron chi connectivity index (χ4n) is 2.94. The highest BCUT2D eigenvalue weighted by atomic mass is 35.5. The minimum Gasteiger partial charge on any atom is -0.343 e. The number of rotatable bonds is 5. The molecule has 3 rings (SSSR count). The Morgan fingerprint density at radius 1 is 1.04 bits per heavy atom. The van der Waals surface area contributed by atoms with Crippen molar-refractivity contribution < 1.29 is 9.59 Å². The molecular weight excluding hydrogens is 387 g/mol. The molecule has 142 valence electrons. The fraction of sp³-hybridized carbons (Fsp3) is 0.316. The molecule has 2 aromatic rings. The Morgan fingerprint density at radius 2 is 1.74 bits per heavy atom. The maximum atomic E-state index is 12.4. The zero-order valence-corrected chi connectivity index (χ0v) is 16.2. The number of nitrogens with one attached hydrogen (secondary N) is 1. The topological polar surface area (TPSA) is 65.5 Å². The van der Waals surface area contributed by atoms with Crippen molar-refractivity contribution in [3.05, 3.63) is 63.9 Å². The van der Waals surface area contributed by atoms with Gasteiger partial charge in [0, 0.05) is 50.1 Å². The zero-order chi connectivity index (χ0) is 19.2. The Bertz CT molecular complexity index is 809. The third-order valence-corrected chi connectivity index (χ3v) is 5.00. The average Bonchev–Trinajstić information content (AvgIpc) is 2.67. The van der Waals surface area contributed by atoms with Crippen molar-refractivity contribution in [3.63, 3.8) is 0 Å². The van der Waals surface area contributed by atoms with Crippen molar-refractivity contribution >= 4 is 35.0 Å². The van der Waals surface area contributed by atoms with Gasteiger partial charge in [-0.2, -0.15) is 0 Å². The number of amides is 2. The van der Waals surface area contributed by atoms with Crippen LogP contribution in [-0.4, -0.2) is 59.3 Å². The first-order valence-electron chi connectivity index (χ1n) is 8.65. The largest absolute Gasteiger partial charge is 0.343 e. The van der Waals surface area contributed by atoms with Gasteiger partial charge in [-0.25, -0.2) is 0 Å². The number of pyridine rings is 1. The number of benzene rings is 1. The molecule has 0 aliphatic carbocycles. The lowest BCUT2D eigenvalue weighted by molar-refractivity contribution is -0.131. The Balaban J connectivity index is 1.45. The molecule has 1 N–H and O–H groups in total. The molecule has 0 spiro atoms. The molecule has 1 aliphatic heterocycles. The molecule has 0 saturated carbocycles. The van der Waals surface area contributed by atoms with Crippen LogP contribution in [0.5, 0.6) is 0 Å². The van der Waals surface area contributed by atoms with Crippen LogP contribution in [-0.2, 0) is 11.3 Å². The first-order valence-corrected chi connectivity index (χ1v) is 9.41. The van der Waals surface area contributed by atoms with Crippen LogP contribution in [0.25, 0.3) is 0 Å². The zero-order valence-electron chi connectivity index (χ0n) is 14.7. The van der Waals surface area contributed by atoms with E-state index >= 15 is 0 Å². The van der Waals surface area contributed by atoms with Crippen molar-refractivity contribution in [2.45, 2.75) is 6.54 Å². The van der Waals surface area contributed by atoms with Gasteiger partial charge in [0.05, 0.1) is 17.1 Å². The first kappa shape index (κ1) is 19.6. The van der Waals surface area contributed by atoms with Crippen molar-refractivity contribution in [1.29, 1.82) is 0 Å². The molecule has 0 radical (unpaired) electrons. The quantitative estimate of drug-likeness (QED) is 0.827. The van der Waals surface area contributed by atoms with Gasteiger partial charge in [-0.05, 0) is 35.9 Å². The summed E-state index contributed by atoms with van der Waals surface area (Å²) in [5.74, 6) is -0.488. The normalized spacial score (nSPS) is 14.8. The number of carbonyl (C=O) groups excluding carboxylic acids is 2. The van der Waals surface area contributed by atoms with E-state index in [1.165, 1.54) is 11.6 Å². The number of hydrogen-bond donors (Lipinski definition) is 1. The second-order valence-electron chi connectivity index (χ2n) is 6.32. The van der Waals surface area contributed by atoms with E-state index in [9.17, 15) is 9.59 Å². The lowest BCUT2D eigenvalue weighted by Gasteiger charge is -2.34. The van der Waals surface area contributed by atoms with Crippen LogP contribution in [0, 0.1) is 0 Å². The molecule has 1 aromatic heterocycles. The summed E-state index contributed by atoms with van der Waals surface area (Å²) >= 11 is 11.9. The summed E-state index contributed by atoms with van der Waals surface area (Å²) in [6, 6.07) is 8.63. The van der Waals surface area contributed by atoms with Gasteiger partial charge in [0.25, 0.3) is 5.91 Å². The molecule has 2 amide bonds. The molecule has 1 aromatic carbocycles. The predicted molar refractivity (Wildman–Crippen MR) is 105 cm³/mol. The number of nitrogens with zero attached hydrogens (tertiary/aromatic N) is 3. The van der Waals surface area contributed by atoms with Crippen LogP contribution in [0.2, 0.25) is 10.0 Å². The highest BCUT2D eigenvalue weighted by Gasteiger charge is 2.22.